The van der Waals surface area contributed by atoms with Crippen LogP contribution in [0.25, 0.3) is 0 Å². The van der Waals surface area contributed by atoms with Crippen LogP contribution in [-0.2, 0) is 4.79 Å². The van der Waals surface area contributed by atoms with Crippen molar-refractivity contribution in [2.75, 3.05) is 13.1 Å². The smallest absolute Gasteiger partial charge is 0.222 e. The van der Waals surface area contributed by atoms with Crippen molar-refractivity contribution in [3.8, 4) is 0 Å². The summed E-state index contributed by atoms with van der Waals surface area (Å²) in [6.07, 6.45) is 1.48. The first-order valence-electron chi connectivity index (χ1n) is 4.63. The molecule has 0 bridgehead atoms. The van der Waals surface area contributed by atoms with Crippen molar-refractivity contribution in [3.63, 3.8) is 0 Å². The van der Waals surface area contributed by atoms with Crippen LogP contribution in [0, 0.1) is 0 Å². The van der Waals surface area contributed by atoms with Gasteiger partial charge in [0.1, 0.15) is 0 Å². The zero-order chi connectivity index (χ0) is 9.56. The van der Waals surface area contributed by atoms with Crippen LogP contribution in [-0.4, -0.2) is 29.9 Å². The lowest BCUT2D eigenvalue weighted by atomic mass is 10.2. The van der Waals surface area contributed by atoms with Crippen molar-refractivity contribution in [1.29, 1.82) is 0 Å². The van der Waals surface area contributed by atoms with Crippen LogP contribution in [0.1, 0.15) is 33.6 Å². The highest BCUT2D eigenvalue weighted by atomic mass is 16.2. The fraction of sp³-hybridized carbons (Fsp3) is 0.889. The van der Waals surface area contributed by atoms with Crippen molar-refractivity contribution in [3.05, 3.63) is 0 Å². The number of carbonyl (C=O) groups is 1. The summed E-state index contributed by atoms with van der Waals surface area (Å²) < 4.78 is 0. The van der Waals surface area contributed by atoms with Gasteiger partial charge in [-0.2, -0.15) is 0 Å². The van der Waals surface area contributed by atoms with Gasteiger partial charge in [-0.1, -0.05) is 6.92 Å². The average molecular weight is 172 g/mol. The van der Waals surface area contributed by atoms with Crippen molar-refractivity contribution < 1.29 is 4.79 Å². The van der Waals surface area contributed by atoms with E-state index in [1.807, 2.05) is 25.7 Å². The Bertz CT molecular complexity index is 134. The highest BCUT2D eigenvalue weighted by Crippen LogP contribution is 2.02. The highest BCUT2D eigenvalue weighted by Gasteiger charge is 2.13. The lowest BCUT2D eigenvalue weighted by Crippen LogP contribution is -2.37. The van der Waals surface area contributed by atoms with Crippen molar-refractivity contribution in [2.45, 2.75) is 39.7 Å². The molecule has 0 aromatic heterocycles. The SMILES string of the molecule is CCC(=O)N(CCCN)C(C)C. The van der Waals surface area contributed by atoms with Crippen LogP contribution in [0.3, 0.4) is 0 Å². The minimum absolute atomic E-state index is 0.221. The number of amides is 1. The number of hydrogen-bond donors (Lipinski definition) is 1. The fourth-order valence-corrected chi connectivity index (χ4v) is 1.14. The second-order valence-corrected chi connectivity index (χ2v) is 3.18. The van der Waals surface area contributed by atoms with Gasteiger partial charge in [0, 0.05) is 19.0 Å². The van der Waals surface area contributed by atoms with E-state index in [0.29, 0.717) is 19.0 Å². The summed E-state index contributed by atoms with van der Waals surface area (Å²) in [5, 5.41) is 0. The largest absolute Gasteiger partial charge is 0.340 e. The molecule has 72 valence electrons. The van der Waals surface area contributed by atoms with Crippen LogP contribution in [0.5, 0.6) is 0 Å². The molecule has 0 saturated heterocycles. The molecule has 0 atom stereocenters. The maximum atomic E-state index is 11.3. The molecular formula is C9H20N2O. The molecule has 0 aliphatic rings. The summed E-state index contributed by atoms with van der Waals surface area (Å²) in [6, 6.07) is 0.295. The van der Waals surface area contributed by atoms with E-state index in [-0.39, 0.29) is 5.91 Å². The maximum Gasteiger partial charge on any atom is 0.222 e. The lowest BCUT2D eigenvalue weighted by molar-refractivity contribution is -0.132. The van der Waals surface area contributed by atoms with Gasteiger partial charge < -0.3 is 10.6 Å². The molecule has 0 heterocycles. The Labute approximate surface area is 74.9 Å². The van der Waals surface area contributed by atoms with E-state index in [9.17, 15) is 4.79 Å². The van der Waals surface area contributed by atoms with Gasteiger partial charge in [-0.05, 0) is 26.8 Å². The summed E-state index contributed by atoms with van der Waals surface area (Å²) in [6.45, 7) is 7.40. The zero-order valence-corrected chi connectivity index (χ0v) is 8.34. The average Bonchev–Trinajstić information content (AvgIpc) is 2.04. The first-order valence-corrected chi connectivity index (χ1v) is 4.63. The normalized spacial score (nSPS) is 10.4. The van der Waals surface area contributed by atoms with E-state index < -0.39 is 0 Å². The van der Waals surface area contributed by atoms with Gasteiger partial charge in [0.15, 0.2) is 0 Å². The number of carbonyl (C=O) groups excluding carboxylic acids is 1. The minimum atomic E-state index is 0.221. The van der Waals surface area contributed by atoms with Gasteiger partial charge in [0.05, 0.1) is 0 Å². The van der Waals surface area contributed by atoms with E-state index in [1.54, 1.807) is 0 Å². The number of hydrogen-bond acceptors (Lipinski definition) is 2. The number of nitrogens with two attached hydrogens (primary N) is 1. The summed E-state index contributed by atoms with van der Waals surface area (Å²) >= 11 is 0. The van der Waals surface area contributed by atoms with E-state index in [1.165, 1.54) is 0 Å². The quantitative estimate of drug-likeness (QED) is 0.672. The van der Waals surface area contributed by atoms with Crippen LogP contribution in [0.15, 0.2) is 0 Å². The highest BCUT2D eigenvalue weighted by molar-refractivity contribution is 5.76. The molecular weight excluding hydrogens is 152 g/mol. The molecule has 0 fully saturated rings. The molecule has 0 aromatic carbocycles. The van der Waals surface area contributed by atoms with Crippen LogP contribution in [0.2, 0.25) is 0 Å². The molecule has 3 nitrogen and oxygen atoms in total. The molecule has 0 aliphatic heterocycles. The second kappa shape index (κ2) is 6.00. The van der Waals surface area contributed by atoms with Gasteiger partial charge in [0.2, 0.25) is 5.91 Å². The Morgan fingerprint density at radius 2 is 2.08 bits per heavy atom. The molecule has 12 heavy (non-hydrogen) atoms. The van der Waals surface area contributed by atoms with Crippen molar-refractivity contribution in [1.82, 2.24) is 4.90 Å². The first-order chi connectivity index (χ1) is 5.63. The summed E-state index contributed by atoms with van der Waals surface area (Å²) in [5.41, 5.74) is 5.38. The molecule has 0 unspecified atom stereocenters. The van der Waals surface area contributed by atoms with Crippen LogP contribution in [0.4, 0.5) is 0 Å². The third-order valence-corrected chi connectivity index (χ3v) is 1.85. The summed E-state index contributed by atoms with van der Waals surface area (Å²) in [7, 11) is 0. The summed E-state index contributed by atoms with van der Waals surface area (Å²) in [4.78, 5) is 13.2. The predicted molar refractivity (Wildman–Crippen MR) is 50.8 cm³/mol. The Balaban J connectivity index is 3.95. The molecule has 0 spiro atoms. The second-order valence-electron chi connectivity index (χ2n) is 3.18. The van der Waals surface area contributed by atoms with E-state index in [4.69, 9.17) is 5.73 Å². The monoisotopic (exact) mass is 172 g/mol. The van der Waals surface area contributed by atoms with Gasteiger partial charge in [-0.15, -0.1) is 0 Å². The van der Waals surface area contributed by atoms with E-state index in [0.717, 1.165) is 13.0 Å². The predicted octanol–water partition coefficient (Wildman–Crippen LogP) is 0.982. The first kappa shape index (κ1) is 11.4. The van der Waals surface area contributed by atoms with Gasteiger partial charge in [-0.25, -0.2) is 0 Å². The fourth-order valence-electron chi connectivity index (χ4n) is 1.14. The number of rotatable bonds is 5. The van der Waals surface area contributed by atoms with E-state index >= 15 is 0 Å². The van der Waals surface area contributed by atoms with Gasteiger partial charge in [-0.3, -0.25) is 4.79 Å². The zero-order valence-electron chi connectivity index (χ0n) is 8.34. The van der Waals surface area contributed by atoms with Crippen molar-refractivity contribution in [2.24, 2.45) is 5.73 Å². The minimum Gasteiger partial charge on any atom is -0.340 e. The molecule has 0 rings (SSSR count). The Morgan fingerprint density at radius 1 is 1.50 bits per heavy atom. The van der Waals surface area contributed by atoms with Gasteiger partial charge in [0.25, 0.3) is 0 Å². The third kappa shape index (κ3) is 3.72. The molecule has 0 aromatic rings. The Hall–Kier alpha value is -0.570. The van der Waals surface area contributed by atoms with Gasteiger partial charge >= 0.3 is 0 Å². The molecule has 0 saturated carbocycles. The standard InChI is InChI=1S/C9H20N2O/c1-4-9(12)11(8(2)3)7-5-6-10/h8H,4-7,10H2,1-3H3. The topological polar surface area (TPSA) is 46.3 Å². The summed E-state index contributed by atoms with van der Waals surface area (Å²) in [5.74, 6) is 0.221. The number of nitrogens with zero attached hydrogens (tertiary/aromatic N) is 1. The Kier molecular flexibility index (Phi) is 5.72. The van der Waals surface area contributed by atoms with Crippen LogP contribution >= 0.6 is 0 Å². The lowest BCUT2D eigenvalue weighted by Gasteiger charge is -2.26. The molecule has 3 heteroatoms. The Morgan fingerprint density at radius 3 is 2.42 bits per heavy atom. The third-order valence-electron chi connectivity index (χ3n) is 1.85. The van der Waals surface area contributed by atoms with E-state index in [2.05, 4.69) is 0 Å². The molecule has 0 aliphatic carbocycles. The molecule has 2 N–H and O–H groups in total. The molecule has 1 amide bonds. The van der Waals surface area contributed by atoms with Crippen LogP contribution < -0.4 is 5.73 Å². The maximum absolute atomic E-state index is 11.3. The van der Waals surface area contributed by atoms with Crippen molar-refractivity contribution >= 4 is 5.91 Å². The molecule has 0 radical (unpaired) electrons.